The molecule has 2 aromatic rings. The number of carboxylic acid groups (broad SMARTS) is 1. The molecule has 1 aromatic heterocycles. The van der Waals surface area contributed by atoms with Crippen molar-refractivity contribution in [3.8, 4) is 11.8 Å². The van der Waals surface area contributed by atoms with Gasteiger partial charge in [0.2, 0.25) is 17.7 Å². The number of carbonyl (C=O) groups excluding carboxylic acids is 1. The van der Waals surface area contributed by atoms with Crippen LogP contribution in [0.1, 0.15) is 18.1 Å². The molecule has 1 atom stereocenters. The molecule has 0 bridgehead atoms. The van der Waals surface area contributed by atoms with Crippen molar-refractivity contribution in [2.45, 2.75) is 25.2 Å². The highest BCUT2D eigenvalue weighted by molar-refractivity contribution is 7.88. The Hall–Kier alpha value is -3.65. The lowest BCUT2D eigenvalue weighted by Gasteiger charge is -2.21. The predicted octanol–water partition coefficient (Wildman–Crippen LogP) is 1.45. The van der Waals surface area contributed by atoms with Gasteiger partial charge in [-0.25, -0.2) is 23.4 Å². The number of nitrogens with one attached hydrogen (secondary N) is 1. The fraction of sp³-hybridized carbons (Fsp3) is 0.400. The molecule has 1 aromatic carbocycles. The number of rotatable bonds is 12. The van der Waals surface area contributed by atoms with Gasteiger partial charge in [-0.05, 0) is 18.1 Å². The number of carbonyl (C=O) groups is 2. The molecule has 0 fully saturated rings. The molecule has 0 spiro atoms. The lowest BCUT2D eigenvalue weighted by molar-refractivity contribution is -0.154. The third kappa shape index (κ3) is 6.92. The van der Waals surface area contributed by atoms with Gasteiger partial charge in [0.05, 0.1) is 32.6 Å². The van der Waals surface area contributed by atoms with Crippen molar-refractivity contribution in [2.24, 2.45) is 0 Å². The lowest BCUT2D eigenvalue weighted by atomic mass is 10.0. The van der Waals surface area contributed by atoms with Gasteiger partial charge in [-0.1, -0.05) is 24.3 Å². The Balaban J connectivity index is 2.33. The number of nitrogens with zero attached hydrogens (tertiary/aromatic N) is 3. The van der Waals surface area contributed by atoms with Crippen LogP contribution in [0.2, 0.25) is 0 Å². The summed E-state index contributed by atoms with van der Waals surface area (Å²) >= 11 is 0. The molecule has 0 aliphatic carbocycles. The third-order valence-electron chi connectivity index (χ3n) is 4.45. The molecule has 0 radical (unpaired) electrons. The third-order valence-corrected chi connectivity index (χ3v) is 5.93. The van der Waals surface area contributed by atoms with Gasteiger partial charge in [0.1, 0.15) is 0 Å². The molecule has 1 amide bonds. The summed E-state index contributed by atoms with van der Waals surface area (Å²) in [6.07, 6.45) is -2.75. The predicted molar refractivity (Wildman–Crippen MR) is 119 cm³/mol. The average Bonchev–Trinajstić information content (AvgIpc) is 2.81. The van der Waals surface area contributed by atoms with Crippen LogP contribution in [0.25, 0.3) is 0 Å². The van der Waals surface area contributed by atoms with Gasteiger partial charge in [0.25, 0.3) is 10.0 Å². The monoisotopic (exact) mass is 498 g/mol. The molecule has 2 rings (SSSR count). The average molecular weight is 499 g/mol. The van der Waals surface area contributed by atoms with E-state index in [0.717, 1.165) is 0 Å². The zero-order valence-electron chi connectivity index (χ0n) is 19.0. The van der Waals surface area contributed by atoms with Gasteiger partial charge in [-0.2, -0.15) is 9.97 Å². The maximum atomic E-state index is 13.0. The normalized spacial score (nSPS) is 11.9. The van der Waals surface area contributed by atoms with E-state index in [9.17, 15) is 23.1 Å². The van der Waals surface area contributed by atoms with E-state index in [1.807, 2.05) is 0 Å². The second-order valence-electron chi connectivity index (χ2n) is 6.64. The molecule has 34 heavy (non-hydrogen) atoms. The summed E-state index contributed by atoms with van der Waals surface area (Å²) in [5.74, 6) is -1.64. The molecular weight excluding hydrogens is 472 g/mol. The summed E-state index contributed by atoms with van der Waals surface area (Å²) in [4.78, 5) is 31.7. The Morgan fingerprint density at radius 3 is 2.18 bits per heavy atom. The maximum absolute atomic E-state index is 13.0. The van der Waals surface area contributed by atoms with Crippen molar-refractivity contribution in [1.29, 1.82) is 0 Å². The van der Waals surface area contributed by atoms with E-state index >= 15 is 0 Å². The standard InChI is InChI=1S/C20H26N4O9S/c1-5-33-18(25)15(30-2)10-13-8-6-7-9-14(13)12-34(28,29)24(20(26)27)23-19-21-16(31-3)11-17(22-19)32-4/h6-9,11,15H,5,10,12H2,1-4H3,(H,26,27)(H,21,22,23). The largest absolute Gasteiger partial charge is 0.481 e. The minimum atomic E-state index is -4.50. The first-order valence-electron chi connectivity index (χ1n) is 9.91. The first-order chi connectivity index (χ1) is 16.1. The number of hydrogen-bond donors (Lipinski definition) is 2. The van der Waals surface area contributed by atoms with E-state index in [-0.39, 0.29) is 40.7 Å². The van der Waals surface area contributed by atoms with Crippen LogP contribution in [0.15, 0.2) is 30.3 Å². The van der Waals surface area contributed by atoms with E-state index in [4.69, 9.17) is 18.9 Å². The summed E-state index contributed by atoms with van der Waals surface area (Å²) in [5, 5.41) is 9.57. The maximum Gasteiger partial charge on any atom is 0.440 e. The van der Waals surface area contributed by atoms with E-state index in [2.05, 4.69) is 15.4 Å². The number of anilines is 1. The summed E-state index contributed by atoms with van der Waals surface area (Å²) in [6.45, 7) is 1.81. The Kier molecular flexibility index (Phi) is 9.38. The second-order valence-corrected chi connectivity index (χ2v) is 8.46. The fourth-order valence-electron chi connectivity index (χ4n) is 2.85. The van der Waals surface area contributed by atoms with Crippen LogP contribution in [0.5, 0.6) is 11.8 Å². The molecule has 1 unspecified atom stereocenters. The van der Waals surface area contributed by atoms with Crippen LogP contribution in [0, 0.1) is 0 Å². The number of sulfonamides is 1. The highest BCUT2D eigenvalue weighted by atomic mass is 32.2. The summed E-state index contributed by atoms with van der Waals surface area (Å²) in [6, 6.07) is 7.71. The first-order valence-corrected chi connectivity index (χ1v) is 11.5. The van der Waals surface area contributed by atoms with Gasteiger partial charge >= 0.3 is 12.1 Å². The molecule has 0 aliphatic rings. The number of amides is 1. The zero-order valence-corrected chi connectivity index (χ0v) is 19.9. The Morgan fingerprint density at radius 1 is 1.09 bits per heavy atom. The van der Waals surface area contributed by atoms with Crippen molar-refractivity contribution in [3.05, 3.63) is 41.5 Å². The second kappa shape index (κ2) is 12.0. The molecular formula is C20H26N4O9S. The summed E-state index contributed by atoms with van der Waals surface area (Å²) < 4.78 is 46.2. The zero-order chi connectivity index (χ0) is 25.3. The summed E-state index contributed by atoms with van der Waals surface area (Å²) in [5.41, 5.74) is 2.90. The van der Waals surface area contributed by atoms with Gasteiger partial charge in [0, 0.05) is 13.5 Å². The number of ether oxygens (including phenoxy) is 4. The van der Waals surface area contributed by atoms with Gasteiger partial charge < -0.3 is 24.1 Å². The van der Waals surface area contributed by atoms with E-state index < -0.39 is 33.9 Å². The highest BCUT2D eigenvalue weighted by Crippen LogP contribution is 2.21. The van der Waals surface area contributed by atoms with Crippen LogP contribution in [0.4, 0.5) is 10.7 Å². The molecule has 1 heterocycles. The SMILES string of the molecule is CCOC(=O)C(Cc1ccccc1CS(=O)(=O)N(Nc1nc(OC)cc(OC)n1)C(=O)O)OC. The summed E-state index contributed by atoms with van der Waals surface area (Å²) in [7, 11) is -0.536. The molecule has 14 heteroatoms. The number of methoxy groups -OCH3 is 3. The van der Waals surface area contributed by atoms with Crippen LogP contribution in [0.3, 0.4) is 0 Å². The van der Waals surface area contributed by atoms with E-state index in [1.54, 1.807) is 25.1 Å². The van der Waals surface area contributed by atoms with Crippen LogP contribution < -0.4 is 14.9 Å². The Morgan fingerprint density at radius 2 is 1.68 bits per heavy atom. The van der Waals surface area contributed by atoms with Gasteiger partial charge in [0.15, 0.2) is 6.10 Å². The number of benzene rings is 1. The van der Waals surface area contributed by atoms with Crippen molar-refractivity contribution < 1.29 is 42.1 Å². The number of hydrazine groups is 1. The van der Waals surface area contributed by atoms with Crippen LogP contribution in [-0.4, -0.2) is 74.0 Å². The molecule has 0 aliphatic heterocycles. The number of hydrogen-bond acceptors (Lipinski definition) is 11. The van der Waals surface area contributed by atoms with Crippen molar-refractivity contribution in [1.82, 2.24) is 14.4 Å². The molecule has 2 N–H and O–H groups in total. The lowest BCUT2D eigenvalue weighted by Crippen LogP contribution is -2.41. The van der Waals surface area contributed by atoms with E-state index in [1.165, 1.54) is 33.5 Å². The molecule has 0 saturated carbocycles. The quantitative estimate of drug-likeness (QED) is 0.320. The minimum absolute atomic E-state index is 0.00283. The topological polar surface area (TPSA) is 166 Å². The minimum Gasteiger partial charge on any atom is -0.481 e. The number of aromatic nitrogens is 2. The molecule has 0 saturated heterocycles. The Bertz CT molecular complexity index is 1090. The van der Waals surface area contributed by atoms with Crippen LogP contribution >= 0.6 is 0 Å². The molecule has 186 valence electrons. The van der Waals surface area contributed by atoms with Gasteiger partial charge in [-0.3, -0.25) is 0 Å². The number of esters is 1. The smallest absolute Gasteiger partial charge is 0.440 e. The fourth-order valence-corrected chi connectivity index (χ4v) is 4.11. The van der Waals surface area contributed by atoms with Gasteiger partial charge in [-0.15, -0.1) is 4.41 Å². The van der Waals surface area contributed by atoms with Crippen molar-refractivity contribution in [2.75, 3.05) is 33.4 Å². The van der Waals surface area contributed by atoms with Crippen LogP contribution in [-0.2, 0) is 36.5 Å². The molecule has 13 nitrogen and oxygen atoms in total. The first kappa shape index (κ1) is 26.6. The van der Waals surface area contributed by atoms with Crippen molar-refractivity contribution in [3.63, 3.8) is 0 Å². The van der Waals surface area contributed by atoms with E-state index in [0.29, 0.717) is 5.56 Å². The Labute approximate surface area is 196 Å². The highest BCUT2D eigenvalue weighted by Gasteiger charge is 2.31. The van der Waals surface area contributed by atoms with Crippen molar-refractivity contribution >= 4 is 28.0 Å².